The first kappa shape index (κ1) is 15.0. The van der Waals surface area contributed by atoms with E-state index in [1.807, 2.05) is 5.51 Å². The predicted octanol–water partition coefficient (Wildman–Crippen LogP) is 3.84. The molecule has 3 nitrogen and oxygen atoms in total. The summed E-state index contributed by atoms with van der Waals surface area (Å²) >= 11 is 1.64. The molecular formula is C16H23N3S. The minimum Gasteiger partial charge on any atom is -0.369 e. The second kappa shape index (κ2) is 7.41. The summed E-state index contributed by atoms with van der Waals surface area (Å²) in [6.07, 6.45) is 1.17. The lowest BCUT2D eigenvalue weighted by Crippen LogP contribution is -2.20. The molecule has 1 aromatic heterocycles. The molecule has 1 unspecified atom stereocenters. The lowest BCUT2D eigenvalue weighted by atomic mass is 10.1. The van der Waals surface area contributed by atoms with Gasteiger partial charge in [-0.3, -0.25) is 0 Å². The molecule has 1 aromatic carbocycles. The fourth-order valence-corrected chi connectivity index (χ4v) is 2.70. The van der Waals surface area contributed by atoms with E-state index in [4.69, 9.17) is 0 Å². The van der Waals surface area contributed by atoms with Crippen molar-refractivity contribution in [3.8, 4) is 0 Å². The number of hydrogen-bond acceptors (Lipinski definition) is 4. The summed E-state index contributed by atoms with van der Waals surface area (Å²) in [4.78, 5) is 6.55. The maximum Gasteiger partial charge on any atom is 0.0795 e. The molecule has 0 radical (unpaired) electrons. The Labute approximate surface area is 125 Å². The topological polar surface area (TPSA) is 28.2 Å². The van der Waals surface area contributed by atoms with E-state index < -0.39 is 0 Å². The quantitative estimate of drug-likeness (QED) is 0.839. The Morgan fingerprint density at radius 3 is 2.65 bits per heavy atom. The van der Waals surface area contributed by atoms with Crippen LogP contribution < -0.4 is 10.2 Å². The van der Waals surface area contributed by atoms with Gasteiger partial charge >= 0.3 is 0 Å². The predicted molar refractivity (Wildman–Crippen MR) is 87.4 cm³/mol. The monoisotopic (exact) mass is 289 g/mol. The first-order valence-corrected chi connectivity index (χ1v) is 8.06. The van der Waals surface area contributed by atoms with Crippen LogP contribution in [0.15, 0.2) is 35.2 Å². The Hall–Kier alpha value is -1.39. The number of aromatic nitrogens is 1. The highest BCUT2D eigenvalue weighted by Gasteiger charge is 2.06. The third-order valence-corrected chi connectivity index (χ3v) is 4.05. The maximum absolute atomic E-state index is 4.33. The van der Waals surface area contributed by atoms with Gasteiger partial charge in [0.15, 0.2) is 0 Å². The second-order valence-electron chi connectivity index (χ2n) is 5.10. The Bertz CT molecular complexity index is 493. The highest BCUT2D eigenvalue weighted by atomic mass is 32.1. The van der Waals surface area contributed by atoms with Crippen molar-refractivity contribution in [3.63, 3.8) is 0 Å². The highest BCUT2D eigenvalue weighted by molar-refractivity contribution is 7.07. The summed E-state index contributed by atoms with van der Waals surface area (Å²) in [7, 11) is 2.10. The van der Waals surface area contributed by atoms with Gasteiger partial charge in [-0.05, 0) is 37.6 Å². The van der Waals surface area contributed by atoms with Crippen LogP contribution in [0, 0.1) is 0 Å². The van der Waals surface area contributed by atoms with Crippen LogP contribution >= 0.6 is 11.3 Å². The molecule has 0 amide bonds. The van der Waals surface area contributed by atoms with Crippen molar-refractivity contribution < 1.29 is 0 Å². The molecule has 4 heteroatoms. The van der Waals surface area contributed by atoms with Gasteiger partial charge in [-0.2, -0.15) is 0 Å². The summed E-state index contributed by atoms with van der Waals surface area (Å²) in [6, 6.07) is 9.20. The van der Waals surface area contributed by atoms with E-state index >= 15 is 0 Å². The van der Waals surface area contributed by atoms with Crippen molar-refractivity contribution in [2.24, 2.45) is 0 Å². The summed E-state index contributed by atoms with van der Waals surface area (Å²) in [6.45, 7) is 6.32. The molecule has 0 bridgehead atoms. The Balaban J connectivity index is 1.96. The fourth-order valence-electron chi connectivity index (χ4n) is 2.15. The summed E-state index contributed by atoms with van der Waals surface area (Å²) in [5.74, 6) is 0. The van der Waals surface area contributed by atoms with Gasteiger partial charge in [-0.1, -0.05) is 19.1 Å². The van der Waals surface area contributed by atoms with Crippen molar-refractivity contribution in [3.05, 3.63) is 46.4 Å². The summed E-state index contributed by atoms with van der Waals surface area (Å²) in [5.41, 5.74) is 5.57. The first-order chi connectivity index (χ1) is 9.70. The Morgan fingerprint density at radius 1 is 1.30 bits per heavy atom. The molecule has 1 atom stereocenters. The number of hydrogen-bond donors (Lipinski definition) is 1. The molecule has 2 aromatic rings. The van der Waals surface area contributed by atoms with E-state index in [1.165, 1.54) is 17.7 Å². The van der Waals surface area contributed by atoms with Crippen LogP contribution in [0.3, 0.4) is 0 Å². The Morgan fingerprint density at radius 2 is 2.05 bits per heavy atom. The lowest BCUT2D eigenvalue weighted by Gasteiger charge is -2.20. The number of nitrogens with one attached hydrogen (secondary N) is 1. The zero-order valence-electron chi connectivity index (χ0n) is 12.5. The largest absolute Gasteiger partial charge is 0.369 e. The summed E-state index contributed by atoms with van der Waals surface area (Å²) in [5, 5.41) is 5.61. The highest BCUT2D eigenvalue weighted by Crippen LogP contribution is 2.19. The van der Waals surface area contributed by atoms with Crippen molar-refractivity contribution >= 4 is 17.0 Å². The number of rotatable bonds is 7. The van der Waals surface area contributed by atoms with E-state index in [0.717, 1.165) is 18.8 Å². The summed E-state index contributed by atoms with van der Waals surface area (Å²) < 4.78 is 0. The third-order valence-electron chi connectivity index (χ3n) is 3.42. The van der Waals surface area contributed by atoms with Crippen LogP contribution in [0.2, 0.25) is 0 Å². The average molecular weight is 289 g/mol. The molecule has 2 rings (SSSR count). The molecule has 1 N–H and O–H groups in total. The number of anilines is 1. The molecule has 0 aliphatic carbocycles. The van der Waals surface area contributed by atoms with Gasteiger partial charge in [-0.15, -0.1) is 11.3 Å². The van der Waals surface area contributed by atoms with E-state index in [1.54, 1.807) is 11.3 Å². The number of benzene rings is 1. The molecule has 0 spiro atoms. The molecule has 0 saturated carbocycles. The third kappa shape index (κ3) is 4.05. The van der Waals surface area contributed by atoms with Crippen molar-refractivity contribution in [1.82, 2.24) is 10.3 Å². The van der Waals surface area contributed by atoms with E-state index in [2.05, 4.69) is 65.7 Å². The van der Waals surface area contributed by atoms with Crippen LogP contribution in [-0.2, 0) is 6.54 Å². The zero-order valence-corrected chi connectivity index (χ0v) is 13.3. The van der Waals surface area contributed by atoms with Crippen molar-refractivity contribution in [1.29, 1.82) is 0 Å². The van der Waals surface area contributed by atoms with Gasteiger partial charge in [0.2, 0.25) is 0 Å². The van der Waals surface area contributed by atoms with Crippen LogP contribution in [0.25, 0.3) is 0 Å². The normalized spacial score (nSPS) is 12.3. The lowest BCUT2D eigenvalue weighted by molar-refractivity contribution is 0.571. The van der Waals surface area contributed by atoms with E-state index in [0.29, 0.717) is 6.04 Å². The molecule has 0 fully saturated rings. The van der Waals surface area contributed by atoms with Crippen LogP contribution in [0.5, 0.6) is 0 Å². The van der Waals surface area contributed by atoms with Gasteiger partial charge in [0.25, 0.3) is 0 Å². The maximum atomic E-state index is 4.33. The van der Waals surface area contributed by atoms with Gasteiger partial charge in [0.1, 0.15) is 0 Å². The molecule has 108 valence electrons. The van der Waals surface area contributed by atoms with Crippen molar-refractivity contribution in [2.45, 2.75) is 32.9 Å². The molecule has 0 aliphatic rings. The molecule has 20 heavy (non-hydrogen) atoms. The minimum atomic E-state index is 0.410. The Kier molecular flexibility index (Phi) is 5.56. The first-order valence-electron chi connectivity index (χ1n) is 7.12. The number of nitrogens with zero attached hydrogens (tertiary/aromatic N) is 2. The molecule has 0 aliphatic heterocycles. The van der Waals surface area contributed by atoms with Gasteiger partial charge in [-0.25, -0.2) is 4.98 Å². The standard InChI is InChI=1S/C16H23N3S/c1-4-9-17-13(2)14-5-7-16(8-6-14)19(3)10-15-11-20-12-18-15/h5-8,11-13,17H,4,9-10H2,1-3H3. The van der Waals surface area contributed by atoms with Crippen molar-refractivity contribution in [2.75, 3.05) is 18.5 Å². The van der Waals surface area contributed by atoms with E-state index in [9.17, 15) is 0 Å². The molecule has 0 saturated heterocycles. The smallest absolute Gasteiger partial charge is 0.0795 e. The minimum absolute atomic E-state index is 0.410. The SMILES string of the molecule is CCCNC(C)c1ccc(N(C)Cc2cscn2)cc1. The van der Waals surface area contributed by atoms with Crippen LogP contribution in [0.1, 0.15) is 37.6 Å². The van der Waals surface area contributed by atoms with Crippen LogP contribution in [0.4, 0.5) is 5.69 Å². The molecule has 1 heterocycles. The second-order valence-corrected chi connectivity index (χ2v) is 5.82. The van der Waals surface area contributed by atoms with Gasteiger partial charge in [0.05, 0.1) is 17.7 Å². The molecular weight excluding hydrogens is 266 g/mol. The van der Waals surface area contributed by atoms with Gasteiger partial charge < -0.3 is 10.2 Å². The van der Waals surface area contributed by atoms with E-state index in [-0.39, 0.29) is 0 Å². The van der Waals surface area contributed by atoms with Gasteiger partial charge in [0, 0.05) is 24.2 Å². The van der Waals surface area contributed by atoms with Crippen LogP contribution in [-0.4, -0.2) is 18.6 Å². The number of thiazole rings is 1. The fraction of sp³-hybridized carbons (Fsp3) is 0.438. The zero-order chi connectivity index (χ0) is 14.4. The average Bonchev–Trinajstić information content (AvgIpc) is 2.97.